The zero-order chi connectivity index (χ0) is 16.1. The molecule has 1 heterocycles. The van der Waals surface area contributed by atoms with Crippen molar-refractivity contribution in [3.63, 3.8) is 0 Å². The van der Waals surface area contributed by atoms with E-state index in [1.54, 1.807) is 6.20 Å². The van der Waals surface area contributed by atoms with Crippen molar-refractivity contribution < 1.29 is 4.79 Å². The molecular formula is C16H19BrN4O. The summed E-state index contributed by atoms with van der Waals surface area (Å²) in [5, 5.41) is 6.01. The highest BCUT2D eigenvalue weighted by Gasteiger charge is 2.08. The number of nitrogens with zero attached hydrogens (tertiary/aromatic N) is 2. The zero-order valence-corrected chi connectivity index (χ0v) is 14.4. The van der Waals surface area contributed by atoms with Crippen LogP contribution in [0.2, 0.25) is 0 Å². The van der Waals surface area contributed by atoms with Gasteiger partial charge in [0.25, 0.3) is 5.91 Å². The molecule has 1 aromatic heterocycles. The summed E-state index contributed by atoms with van der Waals surface area (Å²) in [6.45, 7) is 6.71. The molecule has 1 aromatic carbocycles. The van der Waals surface area contributed by atoms with Crippen LogP contribution in [0.25, 0.3) is 0 Å². The molecule has 1 amide bonds. The fourth-order valence-corrected chi connectivity index (χ4v) is 2.28. The van der Waals surface area contributed by atoms with Gasteiger partial charge in [0, 0.05) is 16.7 Å². The maximum absolute atomic E-state index is 11.9. The van der Waals surface area contributed by atoms with Crippen molar-refractivity contribution in [1.29, 1.82) is 0 Å². The van der Waals surface area contributed by atoms with E-state index >= 15 is 0 Å². The lowest BCUT2D eigenvalue weighted by atomic mass is 10.2. The van der Waals surface area contributed by atoms with E-state index in [-0.39, 0.29) is 5.91 Å². The molecule has 2 aromatic rings. The van der Waals surface area contributed by atoms with Gasteiger partial charge in [-0.2, -0.15) is 0 Å². The number of aromatic nitrogens is 2. The number of aryl methyl sites for hydroxylation is 1. The highest BCUT2D eigenvalue weighted by molar-refractivity contribution is 9.10. The predicted octanol–water partition coefficient (Wildman–Crippen LogP) is 3.68. The van der Waals surface area contributed by atoms with Crippen molar-refractivity contribution in [2.45, 2.75) is 20.8 Å². The monoisotopic (exact) mass is 362 g/mol. The van der Waals surface area contributed by atoms with Crippen molar-refractivity contribution in [3.8, 4) is 0 Å². The Kier molecular flexibility index (Phi) is 5.49. The minimum absolute atomic E-state index is 0.201. The molecule has 6 heteroatoms. The molecule has 0 aliphatic heterocycles. The first-order valence-electron chi connectivity index (χ1n) is 7.09. The molecule has 0 aliphatic carbocycles. The summed E-state index contributed by atoms with van der Waals surface area (Å²) in [6.07, 6.45) is 3.04. The van der Waals surface area contributed by atoms with Crippen LogP contribution in [0.15, 0.2) is 35.1 Å². The fraction of sp³-hybridized carbons (Fsp3) is 0.312. The first-order valence-corrected chi connectivity index (χ1v) is 7.88. The second-order valence-electron chi connectivity index (χ2n) is 5.47. The van der Waals surface area contributed by atoms with Crippen LogP contribution in [-0.2, 0) is 0 Å². The van der Waals surface area contributed by atoms with Gasteiger partial charge >= 0.3 is 0 Å². The van der Waals surface area contributed by atoms with Crippen LogP contribution in [0.1, 0.15) is 29.9 Å². The molecule has 0 radical (unpaired) electrons. The smallest absolute Gasteiger partial charge is 0.271 e. The fourth-order valence-electron chi connectivity index (χ4n) is 1.80. The maximum atomic E-state index is 11.9. The third-order valence-corrected chi connectivity index (χ3v) is 3.50. The van der Waals surface area contributed by atoms with E-state index in [1.165, 1.54) is 6.20 Å². The summed E-state index contributed by atoms with van der Waals surface area (Å²) >= 11 is 3.43. The van der Waals surface area contributed by atoms with Crippen molar-refractivity contribution in [1.82, 2.24) is 15.3 Å². The van der Waals surface area contributed by atoms with Gasteiger partial charge in [-0.3, -0.25) is 4.79 Å². The topological polar surface area (TPSA) is 66.9 Å². The average Bonchev–Trinajstić information content (AvgIpc) is 2.48. The molecule has 22 heavy (non-hydrogen) atoms. The second kappa shape index (κ2) is 7.35. The highest BCUT2D eigenvalue weighted by Crippen LogP contribution is 2.22. The minimum Gasteiger partial charge on any atom is -0.350 e. The molecule has 0 fully saturated rings. The van der Waals surface area contributed by atoms with Crippen LogP contribution in [0.5, 0.6) is 0 Å². The van der Waals surface area contributed by atoms with E-state index in [9.17, 15) is 4.79 Å². The molecule has 2 rings (SSSR count). The van der Waals surface area contributed by atoms with E-state index in [0.717, 1.165) is 15.7 Å². The van der Waals surface area contributed by atoms with E-state index in [4.69, 9.17) is 0 Å². The average molecular weight is 363 g/mol. The van der Waals surface area contributed by atoms with Crippen LogP contribution < -0.4 is 10.6 Å². The van der Waals surface area contributed by atoms with Crippen LogP contribution in [-0.4, -0.2) is 22.4 Å². The number of nitrogens with one attached hydrogen (secondary N) is 2. The number of rotatable bonds is 5. The number of amides is 1. The third-order valence-electron chi connectivity index (χ3n) is 3.01. The molecule has 0 atom stereocenters. The van der Waals surface area contributed by atoms with Gasteiger partial charge in [-0.15, -0.1) is 0 Å². The van der Waals surface area contributed by atoms with Gasteiger partial charge in [0.2, 0.25) is 0 Å². The second-order valence-corrected chi connectivity index (χ2v) is 6.39. The summed E-state index contributed by atoms with van der Waals surface area (Å²) in [5.74, 6) is 0.802. The SMILES string of the molecule is Cc1cc(Br)ccc1Nc1cnc(C(=O)NCC(C)C)cn1. The normalized spacial score (nSPS) is 10.6. The Hall–Kier alpha value is -1.95. The molecule has 0 saturated heterocycles. The van der Waals surface area contributed by atoms with Crippen LogP contribution >= 0.6 is 15.9 Å². The van der Waals surface area contributed by atoms with Crippen LogP contribution in [0.3, 0.4) is 0 Å². The summed E-state index contributed by atoms with van der Waals surface area (Å²) in [6, 6.07) is 5.93. The predicted molar refractivity (Wildman–Crippen MR) is 91.4 cm³/mol. The lowest BCUT2D eigenvalue weighted by Gasteiger charge is -2.10. The molecule has 0 unspecified atom stereocenters. The molecule has 2 N–H and O–H groups in total. The Bertz CT molecular complexity index is 656. The van der Waals surface area contributed by atoms with Gasteiger partial charge in [-0.25, -0.2) is 9.97 Å². The molecule has 0 bridgehead atoms. The Morgan fingerprint density at radius 3 is 2.64 bits per heavy atom. The van der Waals surface area contributed by atoms with Gasteiger partial charge in [0.05, 0.1) is 12.4 Å². The summed E-state index contributed by atoms with van der Waals surface area (Å²) in [5.41, 5.74) is 2.36. The quantitative estimate of drug-likeness (QED) is 0.851. The number of hydrogen-bond acceptors (Lipinski definition) is 4. The largest absolute Gasteiger partial charge is 0.350 e. The van der Waals surface area contributed by atoms with Crippen molar-refractivity contribution in [2.24, 2.45) is 5.92 Å². The van der Waals surface area contributed by atoms with E-state index in [2.05, 4.69) is 36.5 Å². The standard InChI is InChI=1S/C16H19BrN4O/c1-10(2)7-20-16(22)14-8-19-15(9-18-14)21-13-5-4-12(17)6-11(13)3/h4-6,8-10H,7H2,1-3H3,(H,19,21)(H,20,22). The van der Waals surface area contributed by atoms with Gasteiger partial charge < -0.3 is 10.6 Å². The van der Waals surface area contributed by atoms with Gasteiger partial charge in [-0.05, 0) is 36.6 Å². The molecule has 0 saturated carbocycles. The van der Waals surface area contributed by atoms with E-state index < -0.39 is 0 Å². The Balaban J connectivity index is 2.04. The van der Waals surface area contributed by atoms with Crippen LogP contribution in [0.4, 0.5) is 11.5 Å². The lowest BCUT2D eigenvalue weighted by Crippen LogP contribution is -2.28. The highest BCUT2D eigenvalue weighted by atomic mass is 79.9. The summed E-state index contributed by atoms with van der Waals surface area (Å²) < 4.78 is 1.03. The first-order chi connectivity index (χ1) is 10.5. The number of carbonyl (C=O) groups is 1. The number of benzene rings is 1. The van der Waals surface area contributed by atoms with Gasteiger partial charge in [0.15, 0.2) is 0 Å². The lowest BCUT2D eigenvalue weighted by molar-refractivity contribution is 0.0943. The summed E-state index contributed by atoms with van der Waals surface area (Å²) in [7, 11) is 0. The van der Waals surface area contributed by atoms with Crippen molar-refractivity contribution >= 4 is 33.3 Å². The number of carbonyl (C=O) groups excluding carboxylic acids is 1. The Labute approximate surface area is 138 Å². The Morgan fingerprint density at radius 1 is 1.27 bits per heavy atom. The van der Waals surface area contributed by atoms with Gasteiger partial charge in [-0.1, -0.05) is 29.8 Å². The van der Waals surface area contributed by atoms with E-state index in [1.807, 2.05) is 39.0 Å². The third kappa shape index (κ3) is 4.53. The van der Waals surface area contributed by atoms with Crippen LogP contribution in [0, 0.1) is 12.8 Å². The first kappa shape index (κ1) is 16.4. The molecule has 5 nitrogen and oxygen atoms in total. The van der Waals surface area contributed by atoms with Gasteiger partial charge in [0.1, 0.15) is 11.5 Å². The zero-order valence-electron chi connectivity index (χ0n) is 12.9. The number of hydrogen-bond donors (Lipinski definition) is 2. The number of anilines is 2. The Morgan fingerprint density at radius 2 is 2.05 bits per heavy atom. The van der Waals surface area contributed by atoms with Crippen molar-refractivity contribution in [3.05, 3.63) is 46.3 Å². The molecule has 0 aliphatic rings. The maximum Gasteiger partial charge on any atom is 0.271 e. The van der Waals surface area contributed by atoms with E-state index in [0.29, 0.717) is 24.0 Å². The minimum atomic E-state index is -0.201. The molecular weight excluding hydrogens is 344 g/mol. The number of halogens is 1. The summed E-state index contributed by atoms with van der Waals surface area (Å²) in [4.78, 5) is 20.3. The molecule has 0 spiro atoms. The molecule has 116 valence electrons. The van der Waals surface area contributed by atoms with Crippen molar-refractivity contribution in [2.75, 3.05) is 11.9 Å².